The van der Waals surface area contributed by atoms with Crippen LogP contribution in [-0.2, 0) is 0 Å². The smallest absolute Gasteiger partial charge is 0.0472 e. The first kappa shape index (κ1) is 34.4. The van der Waals surface area contributed by atoms with Crippen molar-refractivity contribution in [3.8, 4) is 11.1 Å². The van der Waals surface area contributed by atoms with Crippen molar-refractivity contribution in [2.45, 2.75) is 19.6 Å². The lowest BCUT2D eigenvalue weighted by Gasteiger charge is -2.40. The quantitative estimate of drug-likeness (QED) is 0.152. The molecule has 276 valence electrons. The Bertz CT molecular complexity index is 2980. The van der Waals surface area contributed by atoms with Crippen LogP contribution in [0.15, 0.2) is 250 Å². The van der Waals surface area contributed by atoms with E-state index in [-0.39, 0.29) is 0 Å². The molecule has 0 bridgehead atoms. The highest BCUT2D eigenvalue weighted by atomic mass is 32.3. The van der Waals surface area contributed by atoms with Gasteiger partial charge >= 0.3 is 0 Å². The fourth-order valence-electron chi connectivity index (χ4n) is 8.75. The van der Waals surface area contributed by atoms with Crippen LogP contribution >= 0.6 is 21.4 Å². The van der Waals surface area contributed by atoms with Crippen molar-refractivity contribution in [3.63, 3.8) is 0 Å². The summed E-state index contributed by atoms with van der Waals surface area (Å²) in [6, 6.07) is 84.8. The zero-order chi connectivity index (χ0) is 38.5. The lowest BCUT2D eigenvalue weighted by atomic mass is 10.0. The highest BCUT2D eigenvalue weighted by Gasteiger charge is 2.43. The van der Waals surface area contributed by atoms with Gasteiger partial charge in [-0.25, -0.2) is 0 Å². The minimum absolute atomic E-state index is 1.13. The maximum Gasteiger partial charge on any atom is 0.0472 e. The van der Waals surface area contributed by atoms with Crippen LogP contribution in [0.25, 0.3) is 31.3 Å². The van der Waals surface area contributed by atoms with E-state index < -0.39 is 10.0 Å². The predicted octanol–water partition coefficient (Wildman–Crippen LogP) is 16.3. The summed E-state index contributed by atoms with van der Waals surface area (Å²) >= 11 is 1.86. The van der Waals surface area contributed by atoms with Crippen molar-refractivity contribution in [2.75, 3.05) is 9.80 Å². The normalized spacial score (nSPS) is 13.2. The molecule has 11 rings (SSSR count). The fourth-order valence-corrected chi connectivity index (χ4v) is 14.1. The Morgan fingerprint density at radius 1 is 0.293 bits per heavy atom. The summed E-state index contributed by atoms with van der Waals surface area (Å²) in [5.74, 6) is 0. The van der Waals surface area contributed by atoms with E-state index in [1.165, 1.54) is 50.9 Å². The van der Waals surface area contributed by atoms with Crippen molar-refractivity contribution in [1.82, 2.24) is 0 Å². The molecule has 0 aliphatic carbocycles. The molecule has 0 unspecified atom stereocenters. The van der Waals surface area contributed by atoms with Crippen LogP contribution in [0.5, 0.6) is 0 Å². The van der Waals surface area contributed by atoms with Gasteiger partial charge in [-0.2, -0.15) is 0 Å². The average molecular weight is 779 g/mol. The van der Waals surface area contributed by atoms with Gasteiger partial charge < -0.3 is 9.80 Å². The summed E-state index contributed by atoms with van der Waals surface area (Å²) in [7, 11) is -1.92. The Morgan fingerprint density at radius 3 is 1.34 bits per heavy atom. The lowest BCUT2D eigenvalue weighted by Crippen LogP contribution is -2.10. The molecule has 9 aromatic carbocycles. The Kier molecular flexibility index (Phi) is 8.46. The Labute approximate surface area is 344 Å². The molecule has 4 heteroatoms. The molecule has 0 saturated heterocycles. The molecule has 58 heavy (non-hydrogen) atoms. The third-order valence-corrected chi connectivity index (χ3v) is 16.4. The topological polar surface area (TPSA) is 6.48 Å². The van der Waals surface area contributed by atoms with E-state index in [9.17, 15) is 0 Å². The van der Waals surface area contributed by atoms with Gasteiger partial charge in [-0.15, -0.1) is 21.4 Å². The second-order valence-electron chi connectivity index (χ2n) is 14.6. The molecule has 0 N–H and O–H groups in total. The van der Waals surface area contributed by atoms with E-state index in [0.717, 1.165) is 34.1 Å². The first-order valence-electron chi connectivity index (χ1n) is 19.7. The van der Waals surface area contributed by atoms with Crippen molar-refractivity contribution < 1.29 is 0 Å². The van der Waals surface area contributed by atoms with Crippen LogP contribution in [0.3, 0.4) is 0 Å². The predicted molar refractivity (Wildman–Crippen MR) is 248 cm³/mol. The van der Waals surface area contributed by atoms with Gasteiger partial charge in [-0.05, 0) is 126 Å². The number of thiophene rings is 1. The first-order chi connectivity index (χ1) is 28.8. The third kappa shape index (κ3) is 5.56. The second kappa shape index (κ2) is 14.3. The number of nitrogens with zero attached hydrogens (tertiary/aromatic N) is 2. The summed E-state index contributed by atoms with van der Waals surface area (Å²) in [4.78, 5) is 10.2. The second-order valence-corrected chi connectivity index (χ2v) is 18.7. The van der Waals surface area contributed by atoms with Crippen molar-refractivity contribution in [2.24, 2.45) is 0 Å². The summed E-state index contributed by atoms with van der Waals surface area (Å²) < 4.78 is 2.62. The number of fused-ring (bicyclic) bond motifs is 6. The monoisotopic (exact) mass is 778 g/mol. The van der Waals surface area contributed by atoms with Crippen molar-refractivity contribution >= 4 is 75.7 Å². The number of para-hydroxylation sites is 3. The van der Waals surface area contributed by atoms with Crippen molar-refractivity contribution in [1.29, 1.82) is 0 Å². The summed E-state index contributed by atoms with van der Waals surface area (Å²) in [6.07, 6.45) is 0. The molecular weight excluding hydrogens is 741 g/mol. The number of benzene rings is 9. The van der Waals surface area contributed by atoms with Crippen LogP contribution in [0.4, 0.5) is 34.1 Å². The van der Waals surface area contributed by atoms with E-state index in [4.69, 9.17) is 0 Å². The Morgan fingerprint density at radius 2 is 0.741 bits per heavy atom. The minimum Gasteiger partial charge on any atom is -0.310 e. The Balaban J connectivity index is 1.17. The maximum absolute atomic E-state index is 2.48. The van der Waals surface area contributed by atoms with Gasteiger partial charge in [-0.1, -0.05) is 115 Å². The highest BCUT2D eigenvalue weighted by molar-refractivity contribution is 8.34. The van der Waals surface area contributed by atoms with E-state index in [1.807, 2.05) is 11.3 Å². The molecule has 0 atom stereocenters. The van der Waals surface area contributed by atoms with Crippen molar-refractivity contribution in [3.05, 3.63) is 231 Å². The van der Waals surface area contributed by atoms with E-state index in [0.29, 0.717) is 0 Å². The molecule has 10 aromatic rings. The van der Waals surface area contributed by atoms with Gasteiger partial charge in [0.05, 0.1) is 0 Å². The molecule has 2 heterocycles. The summed E-state index contributed by atoms with van der Waals surface area (Å²) in [5.41, 5.74) is 9.33. The zero-order valence-corrected chi connectivity index (χ0v) is 33.3. The molecule has 1 aliphatic rings. The minimum atomic E-state index is -1.92. The van der Waals surface area contributed by atoms with Gasteiger partial charge in [0, 0.05) is 73.9 Å². The molecule has 0 saturated carbocycles. The zero-order valence-electron chi connectivity index (χ0n) is 31.7. The molecular formula is C54H38N2S2. The van der Waals surface area contributed by atoms with Gasteiger partial charge in [0.1, 0.15) is 0 Å². The van der Waals surface area contributed by atoms with Gasteiger partial charge in [0.15, 0.2) is 0 Å². The molecule has 0 fully saturated rings. The first-order valence-corrected chi connectivity index (χ1v) is 22.1. The maximum atomic E-state index is 2.48. The van der Waals surface area contributed by atoms with E-state index >= 15 is 0 Å². The number of rotatable bonds is 8. The largest absolute Gasteiger partial charge is 0.310 e. The number of anilines is 6. The van der Waals surface area contributed by atoms with E-state index in [2.05, 4.69) is 240 Å². The van der Waals surface area contributed by atoms with Crippen LogP contribution in [0.2, 0.25) is 0 Å². The fraction of sp³-hybridized carbons (Fsp3) is 0. The molecule has 2 nitrogen and oxygen atoms in total. The van der Waals surface area contributed by atoms with Gasteiger partial charge in [0.25, 0.3) is 0 Å². The third-order valence-electron chi connectivity index (χ3n) is 11.2. The molecule has 0 spiro atoms. The van der Waals surface area contributed by atoms with Gasteiger partial charge in [-0.3, -0.25) is 0 Å². The molecule has 1 aliphatic heterocycles. The SMILES string of the molecule is c1ccc(N(c2ccccc2)c2ccc3c(c2)S(c2ccccc2)(c2ccccc2)c2ccc(N(c4ccccc4)c4ccc5sc6ccccc6c5c4)cc2-3)cc1. The van der Waals surface area contributed by atoms with Gasteiger partial charge in [0.2, 0.25) is 0 Å². The Hall–Kier alpha value is -6.85. The van der Waals surface area contributed by atoms with Crippen LogP contribution in [0, 0.1) is 0 Å². The number of hydrogen-bond donors (Lipinski definition) is 0. The molecule has 0 amide bonds. The van der Waals surface area contributed by atoms with E-state index in [1.54, 1.807) is 0 Å². The number of hydrogen-bond acceptors (Lipinski definition) is 3. The standard InChI is InChI=1S/C54H38N2S2/c1-6-18-39(19-7-1)55(40-20-8-2-9-21-40)44-30-33-48-50-37-43(32-35-53(50)58(54(48)38-44,45-24-12-4-13-25-45)46-26-14-5-15-27-46)56(41-22-10-3-11-23-41)42-31-34-52-49(36-42)47-28-16-17-29-51(47)57-52/h1-38H. The summed E-state index contributed by atoms with van der Waals surface area (Å²) in [6.45, 7) is 0. The van der Waals surface area contributed by atoms with Crippen LogP contribution in [0.1, 0.15) is 0 Å². The highest BCUT2D eigenvalue weighted by Crippen LogP contribution is 2.80. The molecule has 1 aromatic heterocycles. The average Bonchev–Trinajstić information content (AvgIpc) is 3.81. The van der Waals surface area contributed by atoms with Crippen LogP contribution < -0.4 is 9.80 Å². The van der Waals surface area contributed by atoms with Crippen LogP contribution in [-0.4, -0.2) is 0 Å². The lowest BCUT2D eigenvalue weighted by molar-refractivity contribution is 1.25. The molecule has 0 radical (unpaired) electrons. The summed E-state index contributed by atoms with van der Waals surface area (Å²) in [5, 5.41) is 2.59.